The average molecular weight is 291 g/mol. The van der Waals surface area contributed by atoms with Gasteiger partial charge < -0.3 is 15.5 Å². The molecule has 1 fully saturated rings. The van der Waals surface area contributed by atoms with Gasteiger partial charge in [-0.25, -0.2) is 0 Å². The molecule has 1 aliphatic rings. The molecule has 1 saturated carbocycles. The zero-order valence-electron chi connectivity index (χ0n) is 11.9. The molecule has 0 heterocycles. The molecule has 1 aliphatic carbocycles. The summed E-state index contributed by atoms with van der Waals surface area (Å²) in [6.45, 7) is 0.558. The minimum atomic E-state index is -0.749. The number of carbonyl (C=O) groups is 2. The minimum Gasteiger partial charge on any atom is -0.508 e. The van der Waals surface area contributed by atoms with Crippen LogP contribution in [0.1, 0.15) is 31.2 Å². The van der Waals surface area contributed by atoms with Crippen molar-refractivity contribution in [3.63, 3.8) is 0 Å². The number of carboxylic acids is 1. The molecule has 0 radical (unpaired) electrons. The molecule has 5 heteroatoms. The molecule has 0 bridgehead atoms. The Morgan fingerprint density at radius 3 is 2.19 bits per heavy atom. The first-order chi connectivity index (χ1) is 10.1. The number of hydrogen-bond acceptors (Lipinski definition) is 3. The number of nitrogens with one attached hydrogen (secondary N) is 1. The van der Waals surface area contributed by atoms with Gasteiger partial charge in [-0.15, -0.1) is 0 Å². The molecule has 1 aromatic carbocycles. The predicted molar refractivity (Wildman–Crippen MR) is 77.9 cm³/mol. The molecule has 0 aliphatic heterocycles. The molecule has 0 atom stereocenters. The highest BCUT2D eigenvalue weighted by Gasteiger charge is 2.29. The van der Waals surface area contributed by atoms with Gasteiger partial charge in [0.2, 0.25) is 5.91 Å². The fourth-order valence-electron chi connectivity index (χ4n) is 2.74. The Kier molecular flexibility index (Phi) is 5.20. The fourth-order valence-corrected chi connectivity index (χ4v) is 2.74. The number of phenols is 1. The Balaban J connectivity index is 1.70. The molecule has 0 unspecified atom stereocenters. The third-order valence-electron chi connectivity index (χ3n) is 4.10. The summed E-state index contributed by atoms with van der Waals surface area (Å²) in [6.07, 6.45) is 3.21. The van der Waals surface area contributed by atoms with Gasteiger partial charge in [0.25, 0.3) is 0 Å². The van der Waals surface area contributed by atoms with E-state index < -0.39 is 5.97 Å². The molecule has 1 aromatic rings. The molecule has 5 nitrogen and oxygen atoms in total. The van der Waals surface area contributed by atoms with Crippen molar-refractivity contribution in [3.8, 4) is 5.75 Å². The van der Waals surface area contributed by atoms with Crippen molar-refractivity contribution in [2.45, 2.75) is 32.1 Å². The Hall–Kier alpha value is -2.04. The quantitative estimate of drug-likeness (QED) is 0.774. The maximum absolute atomic E-state index is 12.0. The Bertz CT molecular complexity index is 490. The summed E-state index contributed by atoms with van der Waals surface area (Å²) in [5, 5.41) is 21.0. The van der Waals surface area contributed by atoms with E-state index in [1.165, 1.54) is 0 Å². The average Bonchev–Trinajstić information content (AvgIpc) is 2.49. The summed E-state index contributed by atoms with van der Waals surface area (Å²) in [5.74, 6) is -0.830. The molecular formula is C16H21NO4. The third-order valence-corrected chi connectivity index (χ3v) is 4.10. The van der Waals surface area contributed by atoms with Crippen LogP contribution < -0.4 is 5.32 Å². The van der Waals surface area contributed by atoms with E-state index in [0.717, 1.165) is 12.0 Å². The monoisotopic (exact) mass is 291 g/mol. The van der Waals surface area contributed by atoms with Crippen LogP contribution in [0.5, 0.6) is 5.75 Å². The highest BCUT2D eigenvalue weighted by atomic mass is 16.4. The van der Waals surface area contributed by atoms with Crippen molar-refractivity contribution < 1.29 is 19.8 Å². The third kappa shape index (κ3) is 4.48. The van der Waals surface area contributed by atoms with Gasteiger partial charge in [0.05, 0.1) is 5.92 Å². The lowest BCUT2D eigenvalue weighted by atomic mass is 9.81. The van der Waals surface area contributed by atoms with Crippen molar-refractivity contribution in [2.75, 3.05) is 6.54 Å². The number of carboxylic acid groups (broad SMARTS) is 1. The van der Waals surface area contributed by atoms with Crippen LogP contribution in [-0.2, 0) is 16.0 Å². The van der Waals surface area contributed by atoms with E-state index in [4.69, 9.17) is 5.11 Å². The summed E-state index contributed by atoms with van der Waals surface area (Å²) in [7, 11) is 0. The van der Waals surface area contributed by atoms with Crippen molar-refractivity contribution in [1.29, 1.82) is 0 Å². The number of benzene rings is 1. The van der Waals surface area contributed by atoms with Crippen LogP contribution in [0, 0.1) is 11.8 Å². The van der Waals surface area contributed by atoms with Crippen LogP contribution in [0.4, 0.5) is 0 Å². The maximum atomic E-state index is 12.0. The second-order valence-electron chi connectivity index (χ2n) is 5.59. The molecular weight excluding hydrogens is 270 g/mol. The topological polar surface area (TPSA) is 86.6 Å². The van der Waals surface area contributed by atoms with Gasteiger partial charge >= 0.3 is 5.97 Å². The van der Waals surface area contributed by atoms with Gasteiger partial charge in [-0.2, -0.15) is 0 Å². The lowest BCUT2D eigenvalue weighted by Gasteiger charge is -2.25. The van der Waals surface area contributed by atoms with E-state index in [0.29, 0.717) is 32.2 Å². The number of phenolic OH excluding ortho intramolecular Hbond substituents is 1. The number of amides is 1. The molecule has 1 amide bonds. The molecule has 21 heavy (non-hydrogen) atoms. The smallest absolute Gasteiger partial charge is 0.306 e. The van der Waals surface area contributed by atoms with Crippen LogP contribution in [-0.4, -0.2) is 28.6 Å². The van der Waals surface area contributed by atoms with E-state index in [2.05, 4.69) is 5.32 Å². The molecule has 0 aromatic heterocycles. The van der Waals surface area contributed by atoms with E-state index in [-0.39, 0.29) is 23.5 Å². The van der Waals surface area contributed by atoms with E-state index in [9.17, 15) is 14.7 Å². The number of aliphatic carboxylic acids is 1. The van der Waals surface area contributed by atoms with Crippen LogP contribution in [0.2, 0.25) is 0 Å². The predicted octanol–water partition coefficient (Wildman–Crippen LogP) is 1.94. The fraction of sp³-hybridized carbons (Fsp3) is 0.500. The molecule has 114 valence electrons. The first-order valence-corrected chi connectivity index (χ1v) is 7.34. The van der Waals surface area contributed by atoms with Crippen LogP contribution >= 0.6 is 0 Å². The summed E-state index contributed by atoms with van der Waals surface area (Å²) in [6, 6.07) is 6.92. The Labute approximate surface area is 124 Å². The van der Waals surface area contributed by atoms with Crippen LogP contribution in [0.25, 0.3) is 0 Å². The van der Waals surface area contributed by atoms with Gasteiger partial charge in [-0.1, -0.05) is 12.1 Å². The maximum Gasteiger partial charge on any atom is 0.306 e. The zero-order valence-corrected chi connectivity index (χ0v) is 11.9. The van der Waals surface area contributed by atoms with Gasteiger partial charge in [-0.3, -0.25) is 9.59 Å². The summed E-state index contributed by atoms with van der Waals surface area (Å²) >= 11 is 0. The second kappa shape index (κ2) is 7.11. The van der Waals surface area contributed by atoms with Crippen molar-refractivity contribution >= 4 is 11.9 Å². The molecule has 2 rings (SSSR count). The molecule has 3 N–H and O–H groups in total. The number of rotatable bonds is 5. The number of hydrogen-bond donors (Lipinski definition) is 3. The zero-order chi connectivity index (χ0) is 15.2. The van der Waals surface area contributed by atoms with Gasteiger partial charge in [0.1, 0.15) is 5.75 Å². The minimum absolute atomic E-state index is 0.0256. The highest BCUT2D eigenvalue weighted by molar-refractivity contribution is 5.79. The first kappa shape index (κ1) is 15.4. The van der Waals surface area contributed by atoms with Crippen LogP contribution in [0.3, 0.4) is 0 Å². The van der Waals surface area contributed by atoms with Crippen LogP contribution in [0.15, 0.2) is 24.3 Å². The summed E-state index contributed by atoms with van der Waals surface area (Å²) < 4.78 is 0. The van der Waals surface area contributed by atoms with E-state index in [1.54, 1.807) is 12.1 Å². The second-order valence-corrected chi connectivity index (χ2v) is 5.59. The first-order valence-electron chi connectivity index (χ1n) is 7.34. The lowest BCUT2D eigenvalue weighted by molar-refractivity contribution is -0.144. The van der Waals surface area contributed by atoms with Crippen molar-refractivity contribution in [1.82, 2.24) is 5.32 Å². The molecule has 0 spiro atoms. The Morgan fingerprint density at radius 2 is 1.62 bits per heavy atom. The van der Waals surface area contributed by atoms with Gasteiger partial charge in [0, 0.05) is 12.5 Å². The van der Waals surface area contributed by atoms with E-state index >= 15 is 0 Å². The number of aromatic hydroxyl groups is 1. The largest absolute Gasteiger partial charge is 0.508 e. The highest BCUT2D eigenvalue weighted by Crippen LogP contribution is 2.28. The Morgan fingerprint density at radius 1 is 1.05 bits per heavy atom. The normalized spacial score (nSPS) is 21.7. The molecule has 0 saturated heterocycles. The number of carbonyl (C=O) groups excluding carboxylic acids is 1. The summed E-state index contributed by atoms with van der Waals surface area (Å²) in [5.41, 5.74) is 1.06. The standard InChI is InChI=1S/C16H21NO4/c18-14-7-1-11(2-8-14)9-10-17-15(19)12-3-5-13(6-4-12)16(20)21/h1-2,7-8,12-13,18H,3-6,9-10H2,(H,17,19)(H,20,21). The van der Waals surface area contributed by atoms with Crippen molar-refractivity contribution in [2.24, 2.45) is 11.8 Å². The SMILES string of the molecule is O=C(O)C1CCC(C(=O)NCCc2ccc(O)cc2)CC1. The van der Waals surface area contributed by atoms with Gasteiger partial charge in [-0.05, 0) is 49.8 Å². The van der Waals surface area contributed by atoms with E-state index in [1.807, 2.05) is 12.1 Å². The van der Waals surface area contributed by atoms with Gasteiger partial charge in [0.15, 0.2) is 0 Å². The lowest BCUT2D eigenvalue weighted by Crippen LogP contribution is -2.35. The van der Waals surface area contributed by atoms with Crippen molar-refractivity contribution in [3.05, 3.63) is 29.8 Å². The summed E-state index contributed by atoms with van der Waals surface area (Å²) in [4.78, 5) is 22.9.